The second-order valence-electron chi connectivity index (χ2n) is 4.14. The highest BCUT2D eigenvalue weighted by Gasteiger charge is 2.35. The summed E-state index contributed by atoms with van der Waals surface area (Å²) in [7, 11) is 0. The summed E-state index contributed by atoms with van der Waals surface area (Å²) in [5.74, 6) is -0.0350. The number of amides is 1. The number of hydrogen-bond donors (Lipinski definition) is 2. The Morgan fingerprint density at radius 2 is 2.19 bits per heavy atom. The number of carbonyl (C=O) groups excluding carboxylic acids is 1. The van der Waals surface area contributed by atoms with Crippen LogP contribution in [0, 0.1) is 11.3 Å². The van der Waals surface area contributed by atoms with E-state index >= 15 is 0 Å². The summed E-state index contributed by atoms with van der Waals surface area (Å²) in [6.07, 6.45) is 0.690. The molecule has 2 rings (SSSR count). The van der Waals surface area contributed by atoms with E-state index in [1.54, 1.807) is 18.2 Å². The van der Waals surface area contributed by atoms with Gasteiger partial charge >= 0.3 is 0 Å². The van der Waals surface area contributed by atoms with Crippen molar-refractivity contribution in [3.63, 3.8) is 0 Å². The third-order valence-corrected chi connectivity index (χ3v) is 3.02. The Kier molecular flexibility index (Phi) is 2.31. The van der Waals surface area contributed by atoms with Crippen LogP contribution in [-0.4, -0.2) is 11.4 Å². The first-order valence-corrected chi connectivity index (χ1v) is 5.23. The van der Waals surface area contributed by atoms with Crippen molar-refractivity contribution in [3.8, 4) is 6.07 Å². The fraction of sp³-hybridized carbons (Fsp3) is 0.333. The number of benzene rings is 1. The van der Waals surface area contributed by atoms with E-state index < -0.39 is 5.54 Å². The summed E-state index contributed by atoms with van der Waals surface area (Å²) < 4.78 is 0. The third kappa shape index (κ3) is 1.50. The van der Waals surface area contributed by atoms with Crippen LogP contribution in [0.3, 0.4) is 0 Å². The SMILES string of the molecule is CCC1(C)Nc2cc(C#N)ccc2NC1=O. The van der Waals surface area contributed by atoms with E-state index in [2.05, 4.69) is 16.7 Å². The van der Waals surface area contributed by atoms with Crippen LogP contribution in [0.1, 0.15) is 25.8 Å². The molecule has 1 aliphatic heterocycles. The molecule has 1 amide bonds. The van der Waals surface area contributed by atoms with E-state index in [1.807, 2.05) is 13.8 Å². The van der Waals surface area contributed by atoms with E-state index in [4.69, 9.17) is 5.26 Å². The number of nitrogens with zero attached hydrogens (tertiary/aromatic N) is 1. The van der Waals surface area contributed by atoms with E-state index in [9.17, 15) is 4.79 Å². The average molecular weight is 215 g/mol. The molecule has 4 heteroatoms. The van der Waals surface area contributed by atoms with Crippen molar-refractivity contribution >= 4 is 17.3 Å². The standard InChI is InChI=1S/C12H13N3O/c1-3-12(2)11(16)14-9-5-4-8(7-13)6-10(9)15-12/h4-6,15H,3H2,1-2H3,(H,14,16). The largest absolute Gasteiger partial charge is 0.370 e. The monoisotopic (exact) mass is 215 g/mol. The van der Waals surface area contributed by atoms with E-state index in [0.717, 1.165) is 11.4 Å². The van der Waals surface area contributed by atoms with Gasteiger partial charge in [-0.2, -0.15) is 5.26 Å². The molecule has 0 saturated heterocycles. The first kappa shape index (κ1) is 10.5. The molecule has 1 aromatic rings. The van der Waals surface area contributed by atoms with Gasteiger partial charge in [0.1, 0.15) is 5.54 Å². The van der Waals surface area contributed by atoms with Crippen molar-refractivity contribution in [2.45, 2.75) is 25.8 Å². The molecule has 0 spiro atoms. The Morgan fingerprint density at radius 3 is 2.81 bits per heavy atom. The lowest BCUT2D eigenvalue weighted by Crippen LogP contribution is -2.49. The lowest BCUT2D eigenvalue weighted by Gasteiger charge is -2.35. The van der Waals surface area contributed by atoms with E-state index in [1.165, 1.54) is 0 Å². The zero-order chi connectivity index (χ0) is 11.8. The molecule has 16 heavy (non-hydrogen) atoms. The van der Waals surface area contributed by atoms with Crippen LogP contribution < -0.4 is 10.6 Å². The molecule has 4 nitrogen and oxygen atoms in total. The van der Waals surface area contributed by atoms with Gasteiger partial charge in [-0.1, -0.05) is 6.92 Å². The summed E-state index contributed by atoms with van der Waals surface area (Å²) in [6.45, 7) is 3.80. The van der Waals surface area contributed by atoms with E-state index in [-0.39, 0.29) is 5.91 Å². The van der Waals surface area contributed by atoms with Crippen LogP contribution in [-0.2, 0) is 4.79 Å². The van der Waals surface area contributed by atoms with Gasteiger partial charge in [0.25, 0.3) is 0 Å². The molecule has 0 aromatic heterocycles. The van der Waals surface area contributed by atoms with Gasteiger partial charge in [-0.05, 0) is 31.5 Å². The maximum Gasteiger partial charge on any atom is 0.249 e. The van der Waals surface area contributed by atoms with Crippen LogP contribution >= 0.6 is 0 Å². The smallest absolute Gasteiger partial charge is 0.249 e. The number of anilines is 2. The number of carbonyl (C=O) groups is 1. The maximum absolute atomic E-state index is 11.8. The van der Waals surface area contributed by atoms with Crippen LogP contribution in [0.2, 0.25) is 0 Å². The molecular weight excluding hydrogens is 202 g/mol. The van der Waals surface area contributed by atoms with Gasteiger partial charge in [-0.15, -0.1) is 0 Å². The Balaban J connectivity index is 2.45. The number of nitriles is 1. The average Bonchev–Trinajstić information content (AvgIpc) is 2.30. The molecule has 1 unspecified atom stereocenters. The third-order valence-electron chi connectivity index (χ3n) is 3.02. The predicted molar refractivity (Wildman–Crippen MR) is 62.1 cm³/mol. The van der Waals surface area contributed by atoms with Gasteiger partial charge in [0, 0.05) is 0 Å². The van der Waals surface area contributed by atoms with Gasteiger partial charge in [-0.25, -0.2) is 0 Å². The number of rotatable bonds is 1. The van der Waals surface area contributed by atoms with Crippen molar-refractivity contribution in [1.82, 2.24) is 0 Å². The maximum atomic E-state index is 11.8. The molecule has 0 bridgehead atoms. The van der Waals surface area contributed by atoms with Gasteiger partial charge in [0.05, 0.1) is 23.0 Å². The van der Waals surface area contributed by atoms with Gasteiger partial charge in [0.15, 0.2) is 0 Å². The second kappa shape index (κ2) is 3.53. The summed E-state index contributed by atoms with van der Waals surface area (Å²) in [5.41, 5.74) is 1.53. The number of fused-ring (bicyclic) bond motifs is 1. The zero-order valence-electron chi connectivity index (χ0n) is 9.29. The predicted octanol–water partition coefficient (Wildman–Crippen LogP) is 2.09. The molecule has 1 heterocycles. The van der Waals surface area contributed by atoms with Crippen molar-refractivity contribution < 1.29 is 4.79 Å². The lowest BCUT2D eigenvalue weighted by atomic mass is 9.94. The van der Waals surface area contributed by atoms with Crippen molar-refractivity contribution in [1.29, 1.82) is 5.26 Å². The fourth-order valence-corrected chi connectivity index (χ4v) is 1.69. The summed E-state index contributed by atoms with van der Waals surface area (Å²) in [5, 5.41) is 14.8. The molecule has 82 valence electrons. The van der Waals surface area contributed by atoms with Crippen molar-refractivity contribution in [3.05, 3.63) is 23.8 Å². The summed E-state index contributed by atoms with van der Waals surface area (Å²) in [6, 6.07) is 7.27. The molecule has 0 saturated carbocycles. The van der Waals surface area contributed by atoms with E-state index in [0.29, 0.717) is 12.0 Å². The Hall–Kier alpha value is -2.02. The minimum atomic E-state index is -0.596. The number of hydrogen-bond acceptors (Lipinski definition) is 3. The number of nitrogens with one attached hydrogen (secondary N) is 2. The first-order valence-electron chi connectivity index (χ1n) is 5.23. The minimum Gasteiger partial charge on any atom is -0.370 e. The molecule has 1 aliphatic rings. The van der Waals surface area contributed by atoms with Gasteiger partial charge in [-0.3, -0.25) is 4.79 Å². The van der Waals surface area contributed by atoms with Crippen LogP contribution in [0.25, 0.3) is 0 Å². The van der Waals surface area contributed by atoms with Crippen LogP contribution in [0.15, 0.2) is 18.2 Å². The quantitative estimate of drug-likeness (QED) is 0.753. The van der Waals surface area contributed by atoms with Crippen LogP contribution in [0.4, 0.5) is 11.4 Å². The zero-order valence-corrected chi connectivity index (χ0v) is 9.29. The first-order chi connectivity index (χ1) is 7.59. The molecule has 0 fully saturated rings. The van der Waals surface area contributed by atoms with Gasteiger partial charge in [0.2, 0.25) is 5.91 Å². The van der Waals surface area contributed by atoms with Crippen molar-refractivity contribution in [2.24, 2.45) is 0 Å². The summed E-state index contributed by atoms with van der Waals surface area (Å²) >= 11 is 0. The van der Waals surface area contributed by atoms with Crippen molar-refractivity contribution in [2.75, 3.05) is 10.6 Å². The fourth-order valence-electron chi connectivity index (χ4n) is 1.69. The molecule has 0 aliphatic carbocycles. The molecule has 2 N–H and O–H groups in total. The highest BCUT2D eigenvalue weighted by atomic mass is 16.2. The highest BCUT2D eigenvalue weighted by Crippen LogP contribution is 2.32. The molecule has 1 aromatic carbocycles. The van der Waals surface area contributed by atoms with Gasteiger partial charge < -0.3 is 10.6 Å². The molecule has 1 atom stereocenters. The highest BCUT2D eigenvalue weighted by molar-refractivity contribution is 6.05. The molecular formula is C12H13N3O. The normalized spacial score (nSPS) is 22.7. The Morgan fingerprint density at radius 1 is 1.44 bits per heavy atom. The Bertz CT molecular complexity index is 490. The summed E-state index contributed by atoms with van der Waals surface area (Å²) in [4.78, 5) is 11.8. The second-order valence-corrected chi connectivity index (χ2v) is 4.14. The Labute approximate surface area is 94.3 Å². The van der Waals surface area contributed by atoms with Crippen LogP contribution in [0.5, 0.6) is 0 Å². The topological polar surface area (TPSA) is 64.9 Å². The minimum absolute atomic E-state index is 0.0350. The lowest BCUT2D eigenvalue weighted by molar-refractivity contribution is -0.120. The molecule has 0 radical (unpaired) electrons.